The number of thiophene rings is 1. The normalized spacial score (nSPS) is 27.3. The number of hydrogen-bond acceptors (Lipinski definition) is 3. The van der Waals surface area contributed by atoms with Crippen LogP contribution in [-0.2, 0) is 0 Å². The van der Waals surface area contributed by atoms with Gasteiger partial charge in [0.1, 0.15) is 0 Å². The minimum absolute atomic E-state index is 0.584. The van der Waals surface area contributed by atoms with Crippen molar-refractivity contribution >= 4 is 21.4 Å². The molecule has 1 aromatic carbocycles. The summed E-state index contributed by atoms with van der Waals surface area (Å²) in [7, 11) is 2.31. The van der Waals surface area contributed by atoms with Gasteiger partial charge in [0, 0.05) is 23.3 Å². The van der Waals surface area contributed by atoms with E-state index in [2.05, 4.69) is 46.9 Å². The van der Waals surface area contributed by atoms with Gasteiger partial charge in [-0.15, -0.1) is 11.3 Å². The number of nitrogens with one attached hydrogen (secondary N) is 1. The third kappa shape index (κ3) is 2.75. The molecule has 1 N–H and O–H groups in total. The largest absolute Gasteiger partial charge is 0.314 e. The molecule has 1 aliphatic carbocycles. The molecule has 1 aliphatic heterocycles. The smallest absolute Gasteiger partial charge is 0.0399 e. The van der Waals surface area contributed by atoms with Gasteiger partial charge in [-0.05, 0) is 67.6 Å². The van der Waals surface area contributed by atoms with Crippen molar-refractivity contribution < 1.29 is 0 Å². The van der Waals surface area contributed by atoms with Crippen LogP contribution in [0.25, 0.3) is 10.1 Å². The molecule has 112 valence electrons. The van der Waals surface area contributed by atoms with Crippen molar-refractivity contribution in [2.45, 2.75) is 37.8 Å². The Balaban J connectivity index is 1.64. The molecule has 0 spiro atoms. The van der Waals surface area contributed by atoms with E-state index in [1.807, 2.05) is 11.3 Å². The molecule has 1 saturated heterocycles. The molecule has 2 fully saturated rings. The third-order valence-corrected chi connectivity index (χ3v) is 6.06. The maximum Gasteiger partial charge on any atom is 0.0399 e. The Morgan fingerprint density at radius 1 is 1.24 bits per heavy atom. The van der Waals surface area contributed by atoms with E-state index < -0.39 is 0 Å². The molecule has 1 saturated carbocycles. The van der Waals surface area contributed by atoms with Crippen molar-refractivity contribution in [2.75, 3.05) is 20.1 Å². The Labute approximate surface area is 131 Å². The van der Waals surface area contributed by atoms with Gasteiger partial charge in [-0.3, -0.25) is 4.90 Å². The molecule has 3 heteroatoms. The van der Waals surface area contributed by atoms with Gasteiger partial charge in [0.05, 0.1) is 0 Å². The van der Waals surface area contributed by atoms with Crippen molar-refractivity contribution in [2.24, 2.45) is 5.92 Å². The third-order valence-electron chi connectivity index (χ3n) is 5.08. The first kappa shape index (κ1) is 13.7. The van der Waals surface area contributed by atoms with Crippen molar-refractivity contribution in [1.82, 2.24) is 10.2 Å². The number of hydrogen-bond donors (Lipinski definition) is 1. The Hall–Kier alpha value is -0.900. The number of rotatable bonds is 4. The fraction of sp³-hybridized carbons (Fsp3) is 0.556. The van der Waals surface area contributed by atoms with Gasteiger partial charge in [0.25, 0.3) is 0 Å². The summed E-state index contributed by atoms with van der Waals surface area (Å²) in [5.41, 5.74) is 1.56. The molecule has 2 heterocycles. The van der Waals surface area contributed by atoms with Gasteiger partial charge >= 0.3 is 0 Å². The lowest BCUT2D eigenvalue weighted by Gasteiger charge is -2.39. The van der Waals surface area contributed by atoms with Gasteiger partial charge in [-0.1, -0.05) is 18.2 Å². The van der Waals surface area contributed by atoms with E-state index in [1.165, 1.54) is 48.9 Å². The predicted molar refractivity (Wildman–Crippen MR) is 90.9 cm³/mol. The van der Waals surface area contributed by atoms with Crippen LogP contribution in [0.5, 0.6) is 0 Å². The summed E-state index contributed by atoms with van der Waals surface area (Å²) in [5, 5.41) is 7.64. The molecule has 2 aromatic rings. The number of fused-ring (bicyclic) bond motifs is 1. The summed E-state index contributed by atoms with van der Waals surface area (Å²) < 4.78 is 1.43. The van der Waals surface area contributed by atoms with Crippen molar-refractivity contribution in [3.05, 3.63) is 35.2 Å². The van der Waals surface area contributed by atoms with Crippen LogP contribution >= 0.6 is 11.3 Å². The second kappa shape index (κ2) is 5.71. The highest BCUT2D eigenvalue weighted by Crippen LogP contribution is 2.40. The highest BCUT2D eigenvalue weighted by Gasteiger charge is 2.33. The second-order valence-electron chi connectivity index (χ2n) is 6.70. The van der Waals surface area contributed by atoms with Gasteiger partial charge < -0.3 is 5.32 Å². The van der Waals surface area contributed by atoms with Gasteiger partial charge in [0.15, 0.2) is 0 Å². The van der Waals surface area contributed by atoms with E-state index in [0.29, 0.717) is 6.04 Å². The van der Waals surface area contributed by atoms with E-state index >= 15 is 0 Å². The van der Waals surface area contributed by atoms with Crippen LogP contribution in [-0.4, -0.2) is 31.1 Å². The van der Waals surface area contributed by atoms with Crippen molar-refractivity contribution in [3.63, 3.8) is 0 Å². The summed E-state index contributed by atoms with van der Waals surface area (Å²) in [6, 6.07) is 10.3. The fourth-order valence-electron chi connectivity index (χ4n) is 3.80. The molecule has 2 nitrogen and oxygen atoms in total. The Morgan fingerprint density at radius 3 is 2.95 bits per heavy atom. The quantitative estimate of drug-likeness (QED) is 0.917. The van der Waals surface area contributed by atoms with Crippen LogP contribution in [0.15, 0.2) is 29.6 Å². The lowest BCUT2D eigenvalue weighted by atomic mass is 9.84. The lowest BCUT2D eigenvalue weighted by Crippen LogP contribution is -2.40. The Morgan fingerprint density at radius 2 is 2.10 bits per heavy atom. The molecule has 2 atom stereocenters. The van der Waals surface area contributed by atoms with Crippen molar-refractivity contribution in [1.29, 1.82) is 0 Å². The highest BCUT2D eigenvalue weighted by atomic mass is 32.1. The summed E-state index contributed by atoms with van der Waals surface area (Å²) in [4.78, 5) is 2.58. The highest BCUT2D eigenvalue weighted by molar-refractivity contribution is 7.17. The molecule has 1 aromatic heterocycles. The minimum Gasteiger partial charge on any atom is -0.314 e. The maximum absolute atomic E-state index is 3.76. The monoisotopic (exact) mass is 300 g/mol. The number of piperidine rings is 1. The van der Waals surface area contributed by atoms with Gasteiger partial charge in [-0.25, -0.2) is 0 Å². The fourth-order valence-corrected chi connectivity index (χ4v) is 4.79. The van der Waals surface area contributed by atoms with E-state index in [0.717, 1.165) is 12.0 Å². The zero-order valence-corrected chi connectivity index (χ0v) is 13.5. The van der Waals surface area contributed by atoms with Crippen molar-refractivity contribution in [3.8, 4) is 0 Å². The van der Waals surface area contributed by atoms with E-state index in [1.54, 1.807) is 5.56 Å². The van der Waals surface area contributed by atoms with Gasteiger partial charge in [-0.2, -0.15) is 0 Å². The molecular weight excluding hydrogens is 276 g/mol. The van der Waals surface area contributed by atoms with Crippen LogP contribution in [0.3, 0.4) is 0 Å². The predicted octanol–water partition coefficient (Wildman–Crippen LogP) is 4.04. The average molecular weight is 300 g/mol. The number of nitrogens with zero attached hydrogens (tertiary/aromatic N) is 1. The molecule has 0 bridgehead atoms. The standard InChI is InChI=1S/C18H24N2S/c1-20-10-4-5-13(11-19-14-8-9-14)18(20)16-12-21-17-7-3-2-6-15(16)17/h2-3,6-7,12-14,18-19H,4-5,8-11H2,1H3. The zero-order valence-electron chi connectivity index (χ0n) is 12.7. The summed E-state index contributed by atoms with van der Waals surface area (Å²) in [5.74, 6) is 0.752. The second-order valence-corrected chi connectivity index (χ2v) is 7.61. The minimum atomic E-state index is 0.584. The van der Waals surface area contributed by atoms with Crippen LogP contribution in [0.4, 0.5) is 0 Å². The average Bonchev–Trinajstić information content (AvgIpc) is 3.24. The SMILES string of the molecule is CN1CCCC(CNC2CC2)C1c1csc2ccccc12. The molecule has 0 radical (unpaired) electrons. The first-order valence-electron chi connectivity index (χ1n) is 8.22. The number of benzene rings is 1. The van der Waals surface area contributed by atoms with Gasteiger partial charge in [0.2, 0.25) is 0 Å². The Bertz CT molecular complexity index is 616. The first-order chi connectivity index (χ1) is 10.3. The topological polar surface area (TPSA) is 15.3 Å². The molecular formula is C18H24N2S. The van der Waals surface area contributed by atoms with E-state index in [-0.39, 0.29) is 0 Å². The lowest BCUT2D eigenvalue weighted by molar-refractivity contribution is 0.120. The molecule has 0 amide bonds. The van der Waals surface area contributed by atoms with Crippen LogP contribution in [0.1, 0.15) is 37.3 Å². The molecule has 2 unspecified atom stereocenters. The van der Waals surface area contributed by atoms with Crippen LogP contribution in [0.2, 0.25) is 0 Å². The first-order valence-corrected chi connectivity index (χ1v) is 9.10. The van der Waals surface area contributed by atoms with Crippen LogP contribution < -0.4 is 5.32 Å². The summed E-state index contributed by atoms with van der Waals surface area (Å²) in [6.45, 7) is 2.42. The van der Waals surface area contributed by atoms with E-state index in [9.17, 15) is 0 Å². The maximum atomic E-state index is 3.76. The molecule has 4 rings (SSSR count). The van der Waals surface area contributed by atoms with E-state index in [4.69, 9.17) is 0 Å². The molecule has 21 heavy (non-hydrogen) atoms. The van der Waals surface area contributed by atoms with Crippen LogP contribution in [0, 0.1) is 5.92 Å². The Kier molecular flexibility index (Phi) is 3.74. The summed E-state index contributed by atoms with van der Waals surface area (Å²) in [6.07, 6.45) is 5.47. The zero-order chi connectivity index (χ0) is 14.2. The molecule has 2 aliphatic rings. The number of likely N-dealkylation sites (tertiary alicyclic amines) is 1. The summed E-state index contributed by atoms with van der Waals surface area (Å²) >= 11 is 1.90.